The van der Waals surface area contributed by atoms with Gasteiger partial charge in [0.15, 0.2) is 5.84 Å². The summed E-state index contributed by atoms with van der Waals surface area (Å²) in [7, 11) is -7.91. The molecule has 1 saturated carbocycles. The molecule has 5 rings (SSSR count). The van der Waals surface area contributed by atoms with E-state index in [1.54, 1.807) is 17.0 Å². The molecule has 3 aliphatic rings. The predicted molar refractivity (Wildman–Crippen MR) is 128 cm³/mol. The highest BCUT2D eigenvalue weighted by Gasteiger charge is 2.47. The highest BCUT2D eigenvalue weighted by Crippen LogP contribution is 2.43. The number of aliphatic hydroxyl groups excluding tert-OH is 1. The number of anilines is 3. The number of para-hydroxylation sites is 1. The van der Waals surface area contributed by atoms with Gasteiger partial charge < -0.3 is 15.3 Å². The van der Waals surface area contributed by atoms with E-state index in [2.05, 4.69) is 14.4 Å². The van der Waals surface area contributed by atoms with Crippen molar-refractivity contribution in [2.24, 2.45) is 10.3 Å². The molecule has 2 aromatic rings. The Kier molecular flexibility index (Phi) is 5.17. The Balaban J connectivity index is 1.59. The van der Waals surface area contributed by atoms with Gasteiger partial charge in [0.1, 0.15) is 16.2 Å². The highest BCUT2D eigenvalue weighted by molar-refractivity contribution is 7.92. The molecular weight excluding hydrogens is 480 g/mol. The van der Waals surface area contributed by atoms with Gasteiger partial charge in [-0.2, -0.15) is 8.42 Å². The van der Waals surface area contributed by atoms with E-state index >= 15 is 0 Å². The number of aliphatic hydroxyl groups is 1. The van der Waals surface area contributed by atoms with Crippen molar-refractivity contribution in [3.05, 3.63) is 59.9 Å². The number of rotatable bonds is 4. The minimum Gasteiger partial charge on any atom is -0.511 e. The van der Waals surface area contributed by atoms with Crippen LogP contribution in [0.1, 0.15) is 19.3 Å². The first-order valence-corrected chi connectivity index (χ1v) is 13.9. The molecule has 2 heterocycles. The fourth-order valence-corrected chi connectivity index (χ4v) is 6.50. The molecule has 2 aromatic carbocycles. The fourth-order valence-electron chi connectivity index (χ4n) is 4.80. The quantitative estimate of drug-likeness (QED) is 0.583. The Morgan fingerprint density at radius 2 is 1.88 bits per heavy atom. The lowest BCUT2D eigenvalue weighted by molar-refractivity contribution is -0.116. The lowest BCUT2D eigenvalue weighted by Crippen LogP contribution is -2.50. The molecule has 1 amide bonds. The van der Waals surface area contributed by atoms with Crippen LogP contribution in [0.3, 0.4) is 0 Å². The van der Waals surface area contributed by atoms with Crippen LogP contribution < -0.4 is 14.9 Å². The first-order chi connectivity index (χ1) is 16.0. The van der Waals surface area contributed by atoms with Crippen LogP contribution in [-0.2, 0) is 24.8 Å². The van der Waals surface area contributed by atoms with Gasteiger partial charge in [0.2, 0.25) is 10.0 Å². The highest BCUT2D eigenvalue weighted by atomic mass is 32.2. The molecule has 34 heavy (non-hydrogen) atoms. The van der Waals surface area contributed by atoms with E-state index in [-0.39, 0.29) is 45.4 Å². The van der Waals surface area contributed by atoms with Crippen molar-refractivity contribution in [1.82, 2.24) is 0 Å². The second-order valence-electron chi connectivity index (χ2n) is 8.50. The third-order valence-corrected chi connectivity index (χ3v) is 8.07. The number of nitrogens with one attached hydrogen (secondary N) is 2. The summed E-state index contributed by atoms with van der Waals surface area (Å²) in [5, 5.41) is 13.9. The zero-order valence-electron chi connectivity index (χ0n) is 18.1. The number of carbonyl (C=O) groups excluding carboxylic acids is 1. The normalized spacial score (nSPS) is 23.6. The van der Waals surface area contributed by atoms with E-state index in [9.17, 15) is 26.7 Å². The number of carbonyl (C=O) groups is 1. The lowest BCUT2D eigenvalue weighted by Gasteiger charge is -2.38. The maximum Gasteiger partial charge on any atom is 0.286 e. The molecule has 1 aliphatic carbocycles. The summed E-state index contributed by atoms with van der Waals surface area (Å²) >= 11 is 0. The Bertz CT molecular complexity index is 1470. The molecule has 178 valence electrons. The van der Waals surface area contributed by atoms with Crippen LogP contribution in [0, 0.1) is 5.92 Å². The van der Waals surface area contributed by atoms with Gasteiger partial charge >= 0.3 is 0 Å². The molecule has 3 N–H and O–H groups in total. The summed E-state index contributed by atoms with van der Waals surface area (Å²) in [6.45, 7) is 0. The average Bonchev–Trinajstić information content (AvgIpc) is 3.23. The molecule has 2 unspecified atom stereocenters. The number of fused-ring (bicyclic) bond motifs is 2. The standard InChI is InChI=1S/C22H22N4O6S2/c1-33(29,30)24-13-10-11-16-18(12-13)34(31,32)25-21(23-16)19-20(27)15-8-5-9-17(15)26(22(19)28)14-6-3-2-4-7-14/h2-4,6-7,10-12,15,17,24,27H,5,8-9H2,1H3,(H,23,25). The largest absolute Gasteiger partial charge is 0.511 e. The Morgan fingerprint density at radius 1 is 1.15 bits per heavy atom. The van der Waals surface area contributed by atoms with Crippen molar-refractivity contribution >= 4 is 48.9 Å². The van der Waals surface area contributed by atoms with E-state index in [1.807, 2.05) is 18.2 Å². The molecule has 10 nitrogen and oxygen atoms in total. The molecule has 0 radical (unpaired) electrons. The summed E-state index contributed by atoms with van der Waals surface area (Å²) in [5.41, 5.74) is 0.659. The van der Waals surface area contributed by atoms with Crippen molar-refractivity contribution in [1.29, 1.82) is 0 Å². The van der Waals surface area contributed by atoms with Crippen molar-refractivity contribution in [3.63, 3.8) is 0 Å². The number of amidine groups is 1. The zero-order chi connectivity index (χ0) is 24.3. The van der Waals surface area contributed by atoms with Crippen molar-refractivity contribution in [2.45, 2.75) is 30.2 Å². The number of hydrogen-bond donors (Lipinski definition) is 3. The summed E-state index contributed by atoms with van der Waals surface area (Å²) in [5.74, 6) is -1.29. The SMILES string of the molecule is CS(=O)(=O)Nc1ccc2c(c1)S(=O)(=O)N=C(C1=C(O)C3CCCC3N(c3ccccc3)C1=O)N2. The van der Waals surface area contributed by atoms with Gasteiger partial charge in [-0.05, 0) is 43.2 Å². The van der Waals surface area contributed by atoms with Gasteiger partial charge in [-0.25, -0.2) is 8.42 Å². The molecule has 12 heteroatoms. The Morgan fingerprint density at radius 3 is 2.59 bits per heavy atom. The molecule has 0 bridgehead atoms. The van der Waals surface area contributed by atoms with Crippen LogP contribution in [0.5, 0.6) is 0 Å². The van der Waals surface area contributed by atoms with Gasteiger partial charge in [-0.1, -0.05) is 24.6 Å². The smallest absolute Gasteiger partial charge is 0.286 e. The first kappa shape index (κ1) is 22.4. The minimum absolute atomic E-state index is 0.0603. The lowest BCUT2D eigenvalue weighted by atomic mass is 9.89. The molecule has 2 aliphatic heterocycles. The van der Waals surface area contributed by atoms with E-state index < -0.39 is 26.0 Å². The monoisotopic (exact) mass is 502 g/mol. The third-order valence-electron chi connectivity index (χ3n) is 6.15. The molecule has 0 saturated heterocycles. The van der Waals surface area contributed by atoms with Crippen molar-refractivity contribution < 1.29 is 26.7 Å². The fraction of sp³-hybridized carbons (Fsp3) is 0.273. The maximum absolute atomic E-state index is 13.6. The van der Waals surface area contributed by atoms with Crippen LogP contribution in [0.25, 0.3) is 0 Å². The van der Waals surface area contributed by atoms with Gasteiger partial charge in [0.05, 0.1) is 11.9 Å². The molecule has 0 spiro atoms. The van der Waals surface area contributed by atoms with Gasteiger partial charge in [0.25, 0.3) is 15.9 Å². The third kappa shape index (κ3) is 3.82. The van der Waals surface area contributed by atoms with E-state index in [0.29, 0.717) is 12.1 Å². The van der Waals surface area contributed by atoms with Crippen LogP contribution in [0.15, 0.2) is 69.2 Å². The van der Waals surface area contributed by atoms with Gasteiger partial charge in [0, 0.05) is 23.3 Å². The van der Waals surface area contributed by atoms with Crippen LogP contribution in [0.4, 0.5) is 17.1 Å². The summed E-state index contributed by atoms with van der Waals surface area (Å²) in [6, 6.07) is 12.8. The Hall–Kier alpha value is -3.38. The van der Waals surface area contributed by atoms with Crippen LogP contribution >= 0.6 is 0 Å². The zero-order valence-corrected chi connectivity index (χ0v) is 19.7. The molecule has 1 fully saturated rings. The number of hydrogen-bond acceptors (Lipinski definition) is 7. The van der Waals surface area contributed by atoms with Gasteiger partial charge in [-0.3, -0.25) is 9.52 Å². The summed E-state index contributed by atoms with van der Waals surface area (Å²) < 4.78 is 55.1. The second-order valence-corrected chi connectivity index (χ2v) is 11.8. The second kappa shape index (κ2) is 7.84. The number of benzene rings is 2. The van der Waals surface area contributed by atoms with Crippen molar-refractivity contribution in [2.75, 3.05) is 21.2 Å². The number of amides is 1. The topological polar surface area (TPSA) is 145 Å². The maximum atomic E-state index is 13.6. The number of sulfonamides is 2. The summed E-state index contributed by atoms with van der Waals surface area (Å²) in [4.78, 5) is 15.0. The number of nitrogens with zero attached hydrogens (tertiary/aromatic N) is 2. The summed E-state index contributed by atoms with van der Waals surface area (Å²) in [6.07, 6.45) is 3.15. The van der Waals surface area contributed by atoms with E-state index in [4.69, 9.17) is 0 Å². The van der Waals surface area contributed by atoms with Crippen LogP contribution in [-0.4, -0.2) is 46.0 Å². The predicted octanol–water partition coefficient (Wildman–Crippen LogP) is 2.60. The van der Waals surface area contributed by atoms with E-state index in [1.165, 1.54) is 12.1 Å². The Labute approximate surface area is 197 Å². The van der Waals surface area contributed by atoms with Crippen molar-refractivity contribution in [3.8, 4) is 0 Å². The first-order valence-electron chi connectivity index (χ1n) is 10.6. The minimum atomic E-state index is -4.30. The van der Waals surface area contributed by atoms with Gasteiger partial charge in [-0.15, -0.1) is 4.40 Å². The van der Waals surface area contributed by atoms with Crippen LogP contribution in [0.2, 0.25) is 0 Å². The van der Waals surface area contributed by atoms with E-state index in [0.717, 1.165) is 25.2 Å². The molecule has 0 aromatic heterocycles. The molecule has 2 atom stereocenters. The molecular formula is C22H22N4O6S2. The average molecular weight is 503 g/mol.